The van der Waals surface area contributed by atoms with Gasteiger partial charge in [0.1, 0.15) is 0 Å². The van der Waals surface area contributed by atoms with Gasteiger partial charge in [-0.25, -0.2) is 0 Å². The van der Waals surface area contributed by atoms with Crippen LogP contribution >= 0.6 is 11.6 Å². The number of piperidine rings is 1. The minimum Gasteiger partial charge on any atom is -0.375 e. The number of rotatable bonds is 7. The first-order chi connectivity index (χ1) is 17.0. The number of hydrogen-bond acceptors (Lipinski definition) is 4. The summed E-state index contributed by atoms with van der Waals surface area (Å²) in [6, 6.07) is 11.1. The minimum absolute atomic E-state index is 0.00405. The van der Waals surface area contributed by atoms with Crippen molar-refractivity contribution >= 4 is 29.1 Å². The van der Waals surface area contributed by atoms with Crippen molar-refractivity contribution in [3.63, 3.8) is 0 Å². The molecule has 2 amide bonds. The summed E-state index contributed by atoms with van der Waals surface area (Å²) in [6.45, 7) is 1.51. The predicted molar refractivity (Wildman–Crippen MR) is 136 cm³/mol. The second-order valence-corrected chi connectivity index (χ2v) is 10.4. The SMILES string of the molecule is CN(C)C(=O)c1ccc(N(C)CCCC2CCN(C(=O)[C@@]3(O)c4ccccc4C3(F)F)CC2)cc1Cl. The summed E-state index contributed by atoms with van der Waals surface area (Å²) < 4.78 is 29.3. The third-order valence-corrected chi connectivity index (χ3v) is 7.77. The standard InChI is InChI=1S/C27H32ClF2N3O3/c1-31(2)24(34)20-11-10-19(17-23(20)28)32(3)14-6-7-18-12-15-33(16-13-18)25(35)26(36)21-8-4-5-9-22(21)27(26,29)30/h4-5,8-11,17-18,36H,6-7,12-16H2,1-3H3/t26-/m0/s1. The first-order valence-electron chi connectivity index (χ1n) is 12.2. The molecule has 0 unspecified atom stereocenters. The normalized spacial score (nSPS) is 20.9. The molecule has 0 spiro atoms. The molecule has 2 aliphatic rings. The van der Waals surface area contributed by atoms with Crippen LogP contribution in [0.1, 0.15) is 47.2 Å². The highest BCUT2D eigenvalue weighted by atomic mass is 35.5. The van der Waals surface area contributed by atoms with Crippen molar-refractivity contribution in [3.05, 3.63) is 64.2 Å². The molecule has 1 fully saturated rings. The zero-order valence-corrected chi connectivity index (χ0v) is 21.6. The van der Waals surface area contributed by atoms with E-state index in [0.717, 1.165) is 25.1 Å². The van der Waals surface area contributed by atoms with Crippen molar-refractivity contribution in [2.45, 2.75) is 37.2 Å². The summed E-state index contributed by atoms with van der Waals surface area (Å²) >= 11 is 6.33. The molecule has 2 aromatic carbocycles. The lowest BCUT2D eigenvalue weighted by atomic mass is 9.68. The number of likely N-dealkylation sites (tertiary alicyclic amines) is 1. The first-order valence-corrected chi connectivity index (χ1v) is 12.6. The van der Waals surface area contributed by atoms with Gasteiger partial charge in [0.25, 0.3) is 11.8 Å². The van der Waals surface area contributed by atoms with Gasteiger partial charge in [0.15, 0.2) is 0 Å². The van der Waals surface area contributed by atoms with E-state index in [1.54, 1.807) is 32.3 Å². The molecule has 4 rings (SSSR count). The summed E-state index contributed by atoms with van der Waals surface area (Å²) in [7, 11) is 5.34. The number of anilines is 1. The van der Waals surface area contributed by atoms with Crippen LogP contribution in [0.3, 0.4) is 0 Å². The smallest absolute Gasteiger partial charge is 0.314 e. The average Bonchev–Trinajstić information content (AvgIpc) is 2.87. The van der Waals surface area contributed by atoms with Crippen LogP contribution < -0.4 is 4.90 Å². The van der Waals surface area contributed by atoms with Gasteiger partial charge < -0.3 is 19.8 Å². The Hall–Kier alpha value is -2.71. The van der Waals surface area contributed by atoms with Gasteiger partial charge in [0.05, 0.1) is 10.6 Å². The highest BCUT2D eigenvalue weighted by Crippen LogP contribution is 2.57. The van der Waals surface area contributed by atoms with E-state index in [0.29, 0.717) is 42.4 Å². The lowest BCUT2D eigenvalue weighted by Gasteiger charge is -2.48. The van der Waals surface area contributed by atoms with Crippen LogP contribution in [0.25, 0.3) is 0 Å². The molecule has 0 saturated carbocycles. The molecule has 1 saturated heterocycles. The van der Waals surface area contributed by atoms with Crippen LogP contribution in [-0.4, -0.2) is 67.5 Å². The van der Waals surface area contributed by atoms with Crippen LogP contribution in [0.2, 0.25) is 5.02 Å². The molecule has 1 aliphatic carbocycles. The van der Waals surface area contributed by atoms with Gasteiger partial charge in [-0.05, 0) is 49.8 Å². The van der Waals surface area contributed by atoms with E-state index in [1.165, 1.54) is 28.0 Å². The summed E-state index contributed by atoms with van der Waals surface area (Å²) in [5, 5.41) is 11.1. The van der Waals surface area contributed by atoms with E-state index in [1.807, 2.05) is 13.1 Å². The van der Waals surface area contributed by atoms with Crippen LogP contribution in [0, 0.1) is 5.92 Å². The van der Waals surface area contributed by atoms with Crippen molar-refractivity contribution < 1.29 is 23.5 Å². The van der Waals surface area contributed by atoms with E-state index in [9.17, 15) is 23.5 Å². The molecule has 0 aromatic heterocycles. The van der Waals surface area contributed by atoms with Crippen LogP contribution in [0.15, 0.2) is 42.5 Å². The van der Waals surface area contributed by atoms with Gasteiger partial charge in [-0.3, -0.25) is 9.59 Å². The summed E-state index contributed by atoms with van der Waals surface area (Å²) in [5.74, 6) is -4.24. The molecule has 1 aliphatic heterocycles. The number of benzene rings is 2. The maximum Gasteiger partial charge on any atom is 0.314 e. The third kappa shape index (κ3) is 4.45. The molecule has 0 radical (unpaired) electrons. The Morgan fingerprint density at radius 3 is 2.33 bits per heavy atom. The molecule has 2 aromatic rings. The maximum atomic E-state index is 14.6. The third-order valence-electron chi connectivity index (χ3n) is 7.46. The summed E-state index contributed by atoms with van der Waals surface area (Å²) in [5.41, 5.74) is -1.66. The minimum atomic E-state index is -3.58. The number of halogens is 3. The fraction of sp³-hybridized carbons (Fsp3) is 0.481. The Morgan fingerprint density at radius 2 is 1.72 bits per heavy atom. The van der Waals surface area contributed by atoms with Gasteiger partial charge in [0.2, 0.25) is 5.60 Å². The lowest BCUT2D eigenvalue weighted by Crippen LogP contribution is -2.63. The monoisotopic (exact) mass is 519 g/mol. The number of aliphatic hydroxyl groups is 1. The van der Waals surface area contributed by atoms with Crippen molar-refractivity contribution in [1.82, 2.24) is 9.80 Å². The van der Waals surface area contributed by atoms with E-state index < -0.39 is 17.4 Å². The Kier molecular flexibility index (Phi) is 7.30. The fourth-order valence-corrected chi connectivity index (χ4v) is 5.43. The summed E-state index contributed by atoms with van der Waals surface area (Å²) in [4.78, 5) is 30.1. The van der Waals surface area contributed by atoms with Crippen LogP contribution in [0.4, 0.5) is 14.5 Å². The number of nitrogens with zero attached hydrogens (tertiary/aromatic N) is 3. The Bertz CT molecular complexity index is 1150. The van der Waals surface area contributed by atoms with Gasteiger partial charge in [0, 0.05) is 57.6 Å². The molecule has 36 heavy (non-hydrogen) atoms. The van der Waals surface area contributed by atoms with Gasteiger partial charge in [-0.15, -0.1) is 0 Å². The maximum absolute atomic E-state index is 14.6. The molecular weight excluding hydrogens is 488 g/mol. The molecule has 1 N–H and O–H groups in total. The van der Waals surface area contributed by atoms with Crippen molar-refractivity contribution in [2.24, 2.45) is 5.92 Å². The second kappa shape index (κ2) is 9.98. The lowest BCUT2D eigenvalue weighted by molar-refractivity contribution is -0.231. The number of hydrogen-bond donors (Lipinski definition) is 1. The number of carbonyl (C=O) groups is 2. The van der Waals surface area contributed by atoms with Gasteiger partial charge >= 0.3 is 5.92 Å². The van der Waals surface area contributed by atoms with Crippen molar-refractivity contribution in [3.8, 4) is 0 Å². The Balaban J connectivity index is 1.26. The molecular formula is C27H32ClF2N3O3. The number of alkyl halides is 2. The highest BCUT2D eigenvalue weighted by molar-refractivity contribution is 6.34. The van der Waals surface area contributed by atoms with Crippen LogP contribution in [0.5, 0.6) is 0 Å². The largest absolute Gasteiger partial charge is 0.375 e. The van der Waals surface area contributed by atoms with Crippen molar-refractivity contribution in [2.75, 3.05) is 45.7 Å². The van der Waals surface area contributed by atoms with Gasteiger partial charge in [-0.2, -0.15) is 8.78 Å². The topological polar surface area (TPSA) is 64.1 Å². The molecule has 1 heterocycles. The zero-order valence-electron chi connectivity index (χ0n) is 20.8. The molecule has 0 bridgehead atoms. The quantitative estimate of drug-likeness (QED) is 0.585. The van der Waals surface area contributed by atoms with E-state index >= 15 is 0 Å². The fourth-order valence-electron chi connectivity index (χ4n) is 5.18. The van der Waals surface area contributed by atoms with E-state index in [4.69, 9.17) is 11.6 Å². The first kappa shape index (κ1) is 26.4. The van der Waals surface area contributed by atoms with E-state index in [2.05, 4.69) is 4.90 Å². The van der Waals surface area contributed by atoms with Gasteiger partial charge in [-0.1, -0.05) is 35.9 Å². The molecule has 194 valence electrons. The van der Waals surface area contributed by atoms with Crippen molar-refractivity contribution in [1.29, 1.82) is 0 Å². The highest BCUT2D eigenvalue weighted by Gasteiger charge is 2.70. The second-order valence-electron chi connectivity index (χ2n) is 9.99. The molecule has 1 atom stereocenters. The Labute approximate surface area is 215 Å². The summed E-state index contributed by atoms with van der Waals surface area (Å²) in [6.07, 6.45) is 3.29. The Morgan fingerprint density at radius 1 is 1.08 bits per heavy atom. The average molecular weight is 520 g/mol. The molecule has 9 heteroatoms. The number of amides is 2. The van der Waals surface area contributed by atoms with Crippen LogP contribution in [-0.2, 0) is 16.3 Å². The number of fused-ring (bicyclic) bond motifs is 1. The number of carbonyl (C=O) groups excluding carboxylic acids is 2. The molecule has 6 nitrogen and oxygen atoms in total. The predicted octanol–water partition coefficient (Wildman–Crippen LogP) is 4.49. The van der Waals surface area contributed by atoms with E-state index in [-0.39, 0.29) is 17.0 Å². The zero-order chi connectivity index (χ0) is 26.3.